The summed E-state index contributed by atoms with van der Waals surface area (Å²) in [7, 11) is 2.09. The molecule has 2 rings (SSSR count). The molecule has 1 fully saturated rings. The molecular weight excluding hydrogens is 316 g/mol. The zero-order valence-corrected chi connectivity index (χ0v) is 12.5. The van der Waals surface area contributed by atoms with Crippen molar-refractivity contribution in [3.63, 3.8) is 0 Å². The molecule has 0 radical (unpaired) electrons. The van der Waals surface area contributed by atoms with E-state index in [-0.39, 0.29) is 10.6 Å². The van der Waals surface area contributed by atoms with Gasteiger partial charge in [-0.2, -0.15) is 11.8 Å². The van der Waals surface area contributed by atoms with E-state index in [2.05, 4.69) is 27.9 Å². The highest BCUT2D eigenvalue weighted by Gasteiger charge is 2.21. The van der Waals surface area contributed by atoms with E-state index >= 15 is 0 Å². The van der Waals surface area contributed by atoms with Crippen molar-refractivity contribution in [2.75, 3.05) is 18.6 Å². The molecule has 1 aliphatic rings. The van der Waals surface area contributed by atoms with Gasteiger partial charge in [0.1, 0.15) is 0 Å². The molecule has 1 aromatic carbocycles. The van der Waals surface area contributed by atoms with Gasteiger partial charge in [0.15, 0.2) is 0 Å². The molecular formula is C12H15BrN2O2S. The van der Waals surface area contributed by atoms with Crippen molar-refractivity contribution in [2.24, 2.45) is 0 Å². The molecule has 0 bridgehead atoms. The van der Waals surface area contributed by atoms with Gasteiger partial charge in [-0.15, -0.1) is 0 Å². The second-order valence-corrected chi connectivity index (χ2v) is 6.48. The molecule has 0 aromatic heterocycles. The van der Waals surface area contributed by atoms with E-state index < -0.39 is 0 Å². The van der Waals surface area contributed by atoms with Gasteiger partial charge >= 0.3 is 0 Å². The van der Waals surface area contributed by atoms with Gasteiger partial charge < -0.3 is 0 Å². The monoisotopic (exact) mass is 330 g/mol. The Morgan fingerprint density at radius 3 is 3.00 bits per heavy atom. The van der Waals surface area contributed by atoms with Crippen LogP contribution in [0.5, 0.6) is 0 Å². The molecule has 0 aliphatic carbocycles. The summed E-state index contributed by atoms with van der Waals surface area (Å²) in [5.74, 6) is 2.38. The van der Waals surface area contributed by atoms with Crippen LogP contribution < -0.4 is 0 Å². The Bertz CT molecular complexity index is 450. The third kappa shape index (κ3) is 3.24. The first-order valence-corrected chi connectivity index (χ1v) is 7.73. The number of hydrogen-bond acceptors (Lipinski definition) is 4. The van der Waals surface area contributed by atoms with E-state index in [0.29, 0.717) is 10.5 Å². The summed E-state index contributed by atoms with van der Waals surface area (Å²) in [6, 6.07) is 5.95. The molecule has 1 aliphatic heterocycles. The SMILES string of the molecule is CN(Cc1ccc(Br)c([N+](=O)[O-])c1)C1CCSC1. The highest BCUT2D eigenvalue weighted by molar-refractivity contribution is 9.10. The molecule has 1 atom stereocenters. The van der Waals surface area contributed by atoms with Gasteiger partial charge in [0.2, 0.25) is 0 Å². The van der Waals surface area contributed by atoms with Gasteiger partial charge in [0.05, 0.1) is 9.40 Å². The molecule has 6 heteroatoms. The van der Waals surface area contributed by atoms with Crippen molar-refractivity contribution in [3.8, 4) is 0 Å². The minimum Gasteiger partial charge on any atom is -0.298 e. The van der Waals surface area contributed by atoms with Crippen LogP contribution in [0.15, 0.2) is 22.7 Å². The predicted octanol–water partition coefficient (Wildman–Crippen LogP) is 3.29. The largest absolute Gasteiger partial charge is 0.298 e. The molecule has 1 unspecified atom stereocenters. The highest BCUT2D eigenvalue weighted by Crippen LogP contribution is 2.27. The average molecular weight is 331 g/mol. The molecule has 0 saturated carbocycles. The van der Waals surface area contributed by atoms with Crippen molar-refractivity contribution >= 4 is 33.4 Å². The van der Waals surface area contributed by atoms with Gasteiger partial charge in [-0.3, -0.25) is 15.0 Å². The Labute approximate surface area is 119 Å². The van der Waals surface area contributed by atoms with Crippen molar-refractivity contribution in [3.05, 3.63) is 38.3 Å². The predicted molar refractivity (Wildman–Crippen MR) is 78.0 cm³/mol. The lowest BCUT2D eigenvalue weighted by atomic mass is 10.1. The normalized spacial score (nSPS) is 19.4. The Hall–Kier alpha value is -0.590. The second-order valence-electron chi connectivity index (χ2n) is 4.48. The maximum Gasteiger partial charge on any atom is 0.283 e. The standard InChI is InChI=1S/C12H15BrN2O2S/c1-14(10-4-5-18-8-10)7-9-2-3-11(13)12(6-9)15(16)17/h2-3,6,10H,4-5,7-8H2,1H3. The number of halogens is 1. The van der Waals surface area contributed by atoms with Crippen molar-refractivity contribution in [1.29, 1.82) is 0 Å². The first-order valence-electron chi connectivity index (χ1n) is 5.78. The van der Waals surface area contributed by atoms with Crippen LogP contribution in [0.1, 0.15) is 12.0 Å². The molecule has 1 aromatic rings. The second kappa shape index (κ2) is 6.04. The summed E-state index contributed by atoms with van der Waals surface area (Å²) >= 11 is 5.18. The van der Waals surface area contributed by atoms with Gasteiger partial charge in [-0.05, 0) is 46.8 Å². The summed E-state index contributed by atoms with van der Waals surface area (Å²) in [5, 5.41) is 10.9. The molecule has 0 amide bonds. The molecule has 0 spiro atoms. The Morgan fingerprint density at radius 2 is 2.39 bits per heavy atom. The Balaban J connectivity index is 2.09. The molecule has 1 saturated heterocycles. The van der Waals surface area contributed by atoms with Gasteiger partial charge in [0, 0.05) is 24.4 Å². The smallest absolute Gasteiger partial charge is 0.283 e. The third-order valence-corrected chi connectivity index (χ3v) is 4.98. The lowest BCUT2D eigenvalue weighted by molar-refractivity contribution is -0.385. The van der Waals surface area contributed by atoms with Crippen molar-refractivity contribution < 1.29 is 4.92 Å². The summed E-state index contributed by atoms with van der Waals surface area (Å²) in [6.07, 6.45) is 1.21. The summed E-state index contributed by atoms with van der Waals surface area (Å²) in [4.78, 5) is 12.8. The summed E-state index contributed by atoms with van der Waals surface area (Å²) in [5.41, 5.74) is 1.13. The number of thioether (sulfide) groups is 1. The maximum absolute atomic E-state index is 10.9. The first-order chi connectivity index (χ1) is 8.58. The van der Waals surface area contributed by atoms with Crippen LogP contribution in [-0.2, 0) is 6.54 Å². The van der Waals surface area contributed by atoms with Crippen LogP contribution in [0.4, 0.5) is 5.69 Å². The molecule has 0 N–H and O–H groups in total. The van der Waals surface area contributed by atoms with Gasteiger partial charge in [-0.1, -0.05) is 6.07 Å². The zero-order chi connectivity index (χ0) is 13.1. The maximum atomic E-state index is 10.9. The van der Waals surface area contributed by atoms with E-state index in [1.165, 1.54) is 12.2 Å². The fourth-order valence-corrected chi connectivity index (χ4v) is 3.77. The zero-order valence-electron chi connectivity index (χ0n) is 10.1. The number of nitro benzene ring substituents is 1. The summed E-state index contributed by atoms with van der Waals surface area (Å²) in [6.45, 7) is 0.763. The van der Waals surface area contributed by atoms with Crippen molar-refractivity contribution in [2.45, 2.75) is 19.0 Å². The number of benzene rings is 1. The Morgan fingerprint density at radius 1 is 1.61 bits per heavy atom. The molecule has 98 valence electrons. The van der Waals surface area contributed by atoms with E-state index in [4.69, 9.17) is 0 Å². The minimum absolute atomic E-state index is 0.140. The van der Waals surface area contributed by atoms with Crippen LogP contribution in [0.25, 0.3) is 0 Å². The van der Waals surface area contributed by atoms with Crippen LogP contribution >= 0.6 is 27.7 Å². The first kappa shape index (κ1) is 13.8. The van der Waals surface area contributed by atoms with Crippen LogP contribution in [0.3, 0.4) is 0 Å². The van der Waals surface area contributed by atoms with Gasteiger partial charge in [-0.25, -0.2) is 0 Å². The fourth-order valence-electron chi connectivity index (χ4n) is 2.08. The third-order valence-electron chi connectivity index (χ3n) is 3.17. The lowest BCUT2D eigenvalue weighted by Gasteiger charge is -2.23. The van der Waals surface area contributed by atoms with E-state index in [0.717, 1.165) is 17.9 Å². The topological polar surface area (TPSA) is 46.4 Å². The number of rotatable bonds is 4. The van der Waals surface area contributed by atoms with Crippen molar-refractivity contribution in [1.82, 2.24) is 4.90 Å². The highest BCUT2D eigenvalue weighted by atomic mass is 79.9. The molecule has 18 heavy (non-hydrogen) atoms. The van der Waals surface area contributed by atoms with E-state index in [9.17, 15) is 10.1 Å². The number of hydrogen-bond donors (Lipinski definition) is 0. The fraction of sp³-hybridized carbons (Fsp3) is 0.500. The lowest BCUT2D eigenvalue weighted by Crippen LogP contribution is -2.30. The summed E-state index contributed by atoms with van der Waals surface area (Å²) < 4.78 is 0.537. The quantitative estimate of drug-likeness (QED) is 0.627. The number of nitro groups is 1. The number of nitrogens with zero attached hydrogens (tertiary/aromatic N) is 2. The van der Waals surface area contributed by atoms with Gasteiger partial charge in [0.25, 0.3) is 5.69 Å². The molecule has 1 heterocycles. The Kier molecular flexibility index (Phi) is 4.64. The molecule has 4 nitrogen and oxygen atoms in total. The average Bonchev–Trinajstić information content (AvgIpc) is 2.85. The van der Waals surface area contributed by atoms with E-state index in [1.54, 1.807) is 12.1 Å². The van der Waals surface area contributed by atoms with Crippen LogP contribution in [0.2, 0.25) is 0 Å². The minimum atomic E-state index is -0.348. The van der Waals surface area contributed by atoms with Crippen LogP contribution in [-0.4, -0.2) is 34.4 Å². The van der Waals surface area contributed by atoms with E-state index in [1.807, 2.05) is 17.8 Å². The van der Waals surface area contributed by atoms with Crippen LogP contribution in [0, 0.1) is 10.1 Å².